The number of rotatable bonds is 3. The number of ether oxygens (including phenoxy) is 1. The molecule has 1 atom stereocenters. The molecule has 15 heavy (non-hydrogen) atoms. The maximum Gasteiger partial charge on any atom is 0.433 e. The normalized spacial score (nSPS) is 16.8. The largest absolute Gasteiger partial charge is 0.440 e. The third kappa shape index (κ3) is 3.17. The van der Waals surface area contributed by atoms with Crippen LogP contribution in [0.4, 0.5) is 22.0 Å². The Hall–Kier alpha value is -1.14. The number of alkyl halides is 5. The predicted octanol–water partition coefficient (Wildman–Crippen LogP) is 2.69. The number of carbonyl (C=O) groups is 1. The molecule has 0 rings (SSSR count). The minimum absolute atomic E-state index is 0.124. The first-order valence-corrected chi connectivity index (χ1v) is 3.85. The summed E-state index contributed by atoms with van der Waals surface area (Å²) < 4.78 is 64.5. The summed E-state index contributed by atoms with van der Waals surface area (Å²) in [7, 11) is 0. The van der Waals surface area contributed by atoms with Crippen molar-refractivity contribution in [2.75, 3.05) is 0 Å². The topological polar surface area (TPSA) is 26.3 Å². The van der Waals surface area contributed by atoms with E-state index in [1.165, 1.54) is 6.92 Å². The van der Waals surface area contributed by atoms with E-state index in [0.29, 0.717) is 6.08 Å². The Morgan fingerprint density at radius 2 is 1.80 bits per heavy atom. The van der Waals surface area contributed by atoms with E-state index in [0.717, 1.165) is 6.08 Å². The number of halogens is 5. The van der Waals surface area contributed by atoms with E-state index in [1.54, 1.807) is 0 Å². The van der Waals surface area contributed by atoms with Crippen LogP contribution in [-0.4, -0.2) is 24.2 Å². The Labute approximate surface area is 82.7 Å². The average molecular weight is 232 g/mol. The SMILES string of the molecule is C/C=C/C(=O)OC(C)(C(F)F)C(F)(F)F. The highest BCUT2D eigenvalue weighted by molar-refractivity contribution is 5.82. The average Bonchev–Trinajstić information content (AvgIpc) is 2.01. The molecule has 0 aliphatic rings. The van der Waals surface area contributed by atoms with E-state index in [2.05, 4.69) is 4.74 Å². The fraction of sp³-hybridized carbons (Fsp3) is 0.625. The molecule has 7 heteroatoms. The molecule has 0 bridgehead atoms. The number of carbonyl (C=O) groups excluding carboxylic acids is 1. The van der Waals surface area contributed by atoms with Gasteiger partial charge in [0.1, 0.15) is 0 Å². The van der Waals surface area contributed by atoms with Gasteiger partial charge in [-0.05, 0) is 13.8 Å². The monoisotopic (exact) mass is 232 g/mol. The van der Waals surface area contributed by atoms with Crippen LogP contribution in [0.2, 0.25) is 0 Å². The molecule has 88 valence electrons. The molecule has 0 heterocycles. The lowest BCUT2D eigenvalue weighted by Crippen LogP contribution is -2.51. The van der Waals surface area contributed by atoms with Gasteiger partial charge in [0.2, 0.25) is 0 Å². The predicted molar refractivity (Wildman–Crippen MR) is 41.4 cm³/mol. The lowest BCUT2D eigenvalue weighted by Gasteiger charge is -2.30. The molecule has 0 aromatic heterocycles. The van der Waals surface area contributed by atoms with Crippen molar-refractivity contribution in [3.05, 3.63) is 12.2 Å². The standard InChI is InChI=1S/C8H9F5O2/c1-3-4-5(14)15-7(2,6(9)10)8(11,12)13/h3-4,6H,1-2H3/b4-3+. The highest BCUT2D eigenvalue weighted by Gasteiger charge is 2.61. The van der Waals surface area contributed by atoms with Crippen molar-refractivity contribution in [1.29, 1.82) is 0 Å². The van der Waals surface area contributed by atoms with Gasteiger partial charge >= 0.3 is 12.1 Å². The lowest BCUT2D eigenvalue weighted by atomic mass is 10.1. The number of hydrogen-bond donors (Lipinski definition) is 0. The van der Waals surface area contributed by atoms with E-state index in [4.69, 9.17) is 0 Å². The maximum absolute atomic E-state index is 12.2. The van der Waals surface area contributed by atoms with E-state index in [9.17, 15) is 26.7 Å². The van der Waals surface area contributed by atoms with E-state index < -0.39 is 24.2 Å². The van der Waals surface area contributed by atoms with Crippen LogP contribution in [0, 0.1) is 0 Å². The summed E-state index contributed by atoms with van der Waals surface area (Å²) in [5, 5.41) is 0. The summed E-state index contributed by atoms with van der Waals surface area (Å²) in [6, 6.07) is 0. The summed E-state index contributed by atoms with van der Waals surface area (Å²) in [6.45, 7) is 1.47. The van der Waals surface area contributed by atoms with Crippen LogP contribution < -0.4 is 0 Å². The van der Waals surface area contributed by atoms with E-state index in [-0.39, 0.29) is 6.92 Å². The molecule has 0 radical (unpaired) electrons. The molecule has 0 spiro atoms. The Bertz CT molecular complexity index is 258. The molecular formula is C8H9F5O2. The van der Waals surface area contributed by atoms with Gasteiger partial charge in [0, 0.05) is 6.08 Å². The van der Waals surface area contributed by atoms with Crippen molar-refractivity contribution < 1.29 is 31.5 Å². The van der Waals surface area contributed by atoms with Crippen LogP contribution in [-0.2, 0) is 9.53 Å². The van der Waals surface area contributed by atoms with Crippen LogP contribution in [0.25, 0.3) is 0 Å². The van der Waals surface area contributed by atoms with Gasteiger partial charge in [0.25, 0.3) is 12.0 Å². The van der Waals surface area contributed by atoms with Crippen molar-refractivity contribution >= 4 is 5.97 Å². The second kappa shape index (κ2) is 4.59. The molecule has 0 aliphatic heterocycles. The van der Waals surface area contributed by atoms with Crippen molar-refractivity contribution in [3.63, 3.8) is 0 Å². The van der Waals surface area contributed by atoms with Crippen molar-refractivity contribution in [2.45, 2.75) is 32.1 Å². The first kappa shape index (κ1) is 13.9. The smallest absolute Gasteiger partial charge is 0.433 e. The van der Waals surface area contributed by atoms with E-state index in [1.807, 2.05) is 0 Å². The van der Waals surface area contributed by atoms with Crippen LogP contribution in [0.15, 0.2) is 12.2 Å². The summed E-state index contributed by atoms with van der Waals surface area (Å²) in [5.41, 5.74) is -3.77. The summed E-state index contributed by atoms with van der Waals surface area (Å²) in [5.74, 6) is -1.46. The van der Waals surface area contributed by atoms with Crippen LogP contribution >= 0.6 is 0 Å². The van der Waals surface area contributed by atoms with Gasteiger partial charge < -0.3 is 4.74 Å². The molecule has 0 aromatic rings. The lowest BCUT2D eigenvalue weighted by molar-refractivity contribution is -0.295. The van der Waals surface area contributed by atoms with Gasteiger partial charge in [0.05, 0.1) is 0 Å². The Morgan fingerprint density at radius 1 is 1.33 bits per heavy atom. The summed E-state index contributed by atoms with van der Waals surface area (Å²) in [4.78, 5) is 10.7. The highest BCUT2D eigenvalue weighted by Crippen LogP contribution is 2.38. The van der Waals surface area contributed by atoms with E-state index >= 15 is 0 Å². The second-order valence-corrected chi connectivity index (χ2v) is 2.83. The number of allylic oxidation sites excluding steroid dienone is 1. The molecule has 0 saturated carbocycles. The molecule has 0 aliphatic carbocycles. The first-order chi connectivity index (χ1) is 6.65. The minimum atomic E-state index is -5.32. The van der Waals surface area contributed by atoms with Gasteiger partial charge in [-0.1, -0.05) is 6.08 Å². The molecular weight excluding hydrogens is 223 g/mol. The number of hydrogen-bond acceptors (Lipinski definition) is 2. The third-order valence-corrected chi connectivity index (χ3v) is 1.59. The van der Waals surface area contributed by atoms with Crippen LogP contribution in [0.3, 0.4) is 0 Å². The molecule has 0 fully saturated rings. The van der Waals surface area contributed by atoms with Crippen molar-refractivity contribution in [2.24, 2.45) is 0 Å². The second-order valence-electron chi connectivity index (χ2n) is 2.83. The van der Waals surface area contributed by atoms with Gasteiger partial charge in [-0.2, -0.15) is 13.2 Å². The van der Waals surface area contributed by atoms with Crippen molar-refractivity contribution in [1.82, 2.24) is 0 Å². The molecule has 0 aromatic carbocycles. The van der Waals surface area contributed by atoms with Gasteiger partial charge in [-0.15, -0.1) is 0 Å². The Balaban J connectivity index is 4.91. The summed E-state index contributed by atoms with van der Waals surface area (Å²) in [6.07, 6.45) is -7.44. The fourth-order valence-corrected chi connectivity index (χ4v) is 0.605. The zero-order valence-electron chi connectivity index (χ0n) is 7.94. The van der Waals surface area contributed by atoms with Gasteiger partial charge in [0.15, 0.2) is 0 Å². The minimum Gasteiger partial charge on any atom is -0.440 e. The first-order valence-electron chi connectivity index (χ1n) is 3.85. The molecule has 0 saturated heterocycles. The summed E-state index contributed by atoms with van der Waals surface area (Å²) >= 11 is 0. The number of esters is 1. The van der Waals surface area contributed by atoms with Crippen LogP contribution in [0.5, 0.6) is 0 Å². The zero-order valence-corrected chi connectivity index (χ0v) is 7.94. The Kier molecular flexibility index (Phi) is 4.24. The molecule has 0 amide bonds. The van der Waals surface area contributed by atoms with Crippen molar-refractivity contribution in [3.8, 4) is 0 Å². The third-order valence-electron chi connectivity index (χ3n) is 1.59. The highest BCUT2D eigenvalue weighted by atomic mass is 19.4. The molecule has 0 N–H and O–H groups in total. The maximum atomic E-state index is 12.2. The molecule has 2 nitrogen and oxygen atoms in total. The molecule has 1 unspecified atom stereocenters. The zero-order chi connectivity index (χ0) is 12.3. The Morgan fingerprint density at radius 3 is 2.07 bits per heavy atom. The quantitative estimate of drug-likeness (QED) is 0.425. The van der Waals surface area contributed by atoms with Crippen LogP contribution in [0.1, 0.15) is 13.8 Å². The van der Waals surface area contributed by atoms with Gasteiger partial charge in [-0.25, -0.2) is 13.6 Å². The fourth-order valence-electron chi connectivity index (χ4n) is 0.605. The van der Waals surface area contributed by atoms with Gasteiger partial charge in [-0.3, -0.25) is 0 Å².